The van der Waals surface area contributed by atoms with E-state index < -0.39 is 0 Å². The molecule has 1 saturated heterocycles. The van der Waals surface area contributed by atoms with Crippen LogP contribution in [0.3, 0.4) is 0 Å². The Hall–Kier alpha value is -2.41. The maximum atomic E-state index is 13.3. The molecule has 164 valence electrons. The van der Waals surface area contributed by atoms with Gasteiger partial charge in [0.25, 0.3) is 5.91 Å². The summed E-state index contributed by atoms with van der Waals surface area (Å²) in [6.45, 7) is 5.60. The van der Waals surface area contributed by atoms with Crippen molar-refractivity contribution in [3.8, 4) is 0 Å². The molecule has 6 nitrogen and oxygen atoms in total. The molecular formula is C24H29ClN4O2. The largest absolute Gasteiger partial charge is 0.320 e. The average molecular weight is 441 g/mol. The van der Waals surface area contributed by atoms with Gasteiger partial charge in [0.15, 0.2) is 0 Å². The summed E-state index contributed by atoms with van der Waals surface area (Å²) < 4.78 is 0. The molecule has 0 unspecified atom stereocenters. The number of hydrogen-bond donors (Lipinski definition) is 1. The van der Waals surface area contributed by atoms with Crippen LogP contribution in [-0.4, -0.2) is 61.4 Å². The van der Waals surface area contributed by atoms with Crippen molar-refractivity contribution in [1.29, 1.82) is 0 Å². The predicted molar refractivity (Wildman–Crippen MR) is 125 cm³/mol. The first-order valence-corrected chi connectivity index (χ1v) is 11.3. The Bertz CT molecular complexity index is 956. The number of halogens is 1. The Balaban J connectivity index is 1.42. The smallest absolute Gasteiger partial charge is 0.257 e. The van der Waals surface area contributed by atoms with Crippen molar-refractivity contribution in [2.75, 3.05) is 50.0 Å². The van der Waals surface area contributed by atoms with E-state index in [4.69, 9.17) is 11.6 Å². The first kappa shape index (κ1) is 21.8. The van der Waals surface area contributed by atoms with E-state index in [2.05, 4.69) is 22.2 Å². The van der Waals surface area contributed by atoms with Crippen LogP contribution in [0.15, 0.2) is 42.5 Å². The molecule has 0 radical (unpaired) electrons. The molecule has 0 aliphatic carbocycles. The van der Waals surface area contributed by atoms with Gasteiger partial charge in [-0.15, -0.1) is 0 Å². The van der Waals surface area contributed by atoms with Crippen LogP contribution in [0.5, 0.6) is 0 Å². The molecule has 1 fully saturated rings. The van der Waals surface area contributed by atoms with Gasteiger partial charge < -0.3 is 15.1 Å². The topological polar surface area (TPSA) is 55.9 Å². The van der Waals surface area contributed by atoms with Crippen molar-refractivity contribution in [3.05, 3.63) is 53.1 Å². The quantitative estimate of drug-likeness (QED) is 0.677. The summed E-state index contributed by atoms with van der Waals surface area (Å²) in [5.41, 5.74) is 2.31. The summed E-state index contributed by atoms with van der Waals surface area (Å²) in [5, 5.41) is 3.41. The molecule has 7 heteroatoms. The number of unbranched alkanes of at least 4 members (excludes halogenated alkanes) is 2. The minimum Gasteiger partial charge on any atom is -0.320 e. The van der Waals surface area contributed by atoms with Gasteiger partial charge in [-0.1, -0.05) is 30.2 Å². The third-order valence-corrected chi connectivity index (χ3v) is 6.28. The van der Waals surface area contributed by atoms with E-state index in [9.17, 15) is 9.59 Å². The molecule has 1 N–H and O–H groups in total. The number of rotatable bonds is 6. The van der Waals surface area contributed by atoms with E-state index in [1.165, 1.54) is 0 Å². The van der Waals surface area contributed by atoms with Crippen molar-refractivity contribution in [2.45, 2.75) is 25.7 Å². The molecule has 0 bridgehead atoms. The van der Waals surface area contributed by atoms with Crippen molar-refractivity contribution < 1.29 is 9.59 Å². The minimum absolute atomic E-state index is 0.00730. The Morgan fingerprint density at radius 1 is 1.00 bits per heavy atom. The molecule has 0 atom stereocenters. The Morgan fingerprint density at radius 2 is 1.77 bits per heavy atom. The number of likely N-dealkylation sites (N-methyl/N-ethyl adjacent to an activating group) is 1. The number of carbonyl (C=O) groups is 2. The molecule has 31 heavy (non-hydrogen) atoms. The number of hydrogen-bond acceptors (Lipinski definition) is 4. The van der Waals surface area contributed by atoms with Crippen LogP contribution in [-0.2, 0) is 4.79 Å². The van der Waals surface area contributed by atoms with Gasteiger partial charge in [-0.05, 0) is 56.8 Å². The zero-order chi connectivity index (χ0) is 21.8. The molecular weight excluding hydrogens is 412 g/mol. The van der Waals surface area contributed by atoms with E-state index in [-0.39, 0.29) is 11.8 Å². The molecule has 0 spiro atoms. The molecule has 2 aromatic carbocycles. The summed E-state index contributed by atoms with van der Waals surface area (Å²) in [7, 11) is 2.17. The summed E-state index contributed by atoms with van der Waals surface area (Å²) >= 11 is 6.15. The number of nitrogens with one attached hydrogen (secondary N) is 1. The van der Waals surface area contributed by atoms with E-state index in [0.29, 0.717) is 34.1 Å². The number of nitrogens with zero attached hydrogens (tertiary/aromatic N) is 3. The monoisotopic (exact) mass is 440 g/mol. The van der Waals surface area contributed by atoms with Crippen LogP contribution in [0.1, 0.15) is 36.0 Å². The van der Waals surface area contributed by atoms with Crippen molar-refractivity contribution >= 4 is 40.5 Å². The lowest BCUT2D eigenvalue weighted by Crippen LogP contribution is -2.44. The first-order valence-electron chi connectivity index (χ1n) is 11.0. The number of piperazine rings is 1. The maximum absolute atomic E-state index is 13.3. The third-order valence-electron chi connectivity index (χ3n) is 6.05. The zero-order valence-electron chi connectivity index (χ0n) is 17.9. The van der Waals surface area contributed by atoms with Gasteiger partial charge in [-0.25, -0.2) is 0 Å². The number of carbonyl (C=O) groups excluding carboxylic acids is 2. The molecule has 2 aliphatic heterocycles. The van der Waals surface area contributed by atoms with E-state index in [1.807, 2.05) is 18.2 Å². The Labute approximate surface area is 188 Å². The zero-order valence-corrected chi connectivity index (χ0v) is 18.7. The Morgan fingerprint density at radius 3 is 2.58 bits per heavy atom. The third kappa shape index (κ3) is 5.09. The molecule has 2 aromatic rings. The van der Waals surface area contributed by atoms with Gasteiger partial charge in [0.05, 0.1) is 22.6 Å². The minimum atomic E-state index is -0.235. The number of amides is 2. The first-order chi connectivity index (χ1) is 15.0. The second-order valence-corrected chi connectivity index (χ2v) is 8.75. The summed E-state index contributed by atoms with van der Waals surface area (Å²) in [5.74, 6) is -0.242. The molecule has 4 rings (SSSR count). The highest BCUT2D eigenvalue weighted by Gasteiger charge is 2.29. The van der Waals surface area contributed by atoms with Crippen LogP contribution < -0.4 is 10.2 Å². The highest BCUT2D eigenvalue weighted by atomic mass is 35.5. The second-order valence-electron chi connectivity index (χ2n) is 8.32. The fourth-order valence-corrected chi connectivity index (χ4v) is 4.40. The Kier molecular flexibility index (Phi) is 6.90. The van der Waals surface area contributed by atoms with Crippen LogP contribution >= 0.6 is 11.6 Å². The van der Waals surface area contributed by atoms with Crippen LogP contribution in [0, 0.1) is 0 Å². The lowest BCUT2D eigenvalue weighted by molar-refractivity contribution is -0.118. The lowest BCUT2D eigenvalue weighted by Gasteiger charge is -2.32. The molecule has 2 heterocycles. The number of para-hydroxylation sites is 1. The van der Waals surface area contributed by atoms with Gasteiger partial charge in [0.1, 0.15) is 0 Å². The van der Waals surface area contributed by atoms with Gasteiger partial charge in [0, 0.05) is 37.6 Å². The second kappa shape index (κ2) is 9.81. The maximum Gasteiger partial charge on any atom is 0.257 e. The summed E-state index contributed by atoms with van der Waals surface area (Å²) in [4.78, 5) is 32.6. The fourth-order valence-electron chi connectivity index (χ4n) is 4.22. The molecule has 2 aliphatic rings. The van der Waals surface area contributed by atoms with Crippen molar-refractivity contribution in [2.24, 2.45) is 0 Å². The molecule has 0 saturated carbocycles. The van der Waals surface area contributed by atoms with Crippen molar-refractivity contribution in [3.63, 3.8) is 0 Å². The van der Waals surface area contributed by atoms with Gasteiger partial charge in [0.2, 0.25) is 5.91 Å². The van der Waals surface area contributed by atoms with Gasteiger partial charge in [-0.2, -0.15) is 0 Å². The summed E-state index contributed by atoms with van der Waals surface area (Å²) in [6, 6.07) is 12.5. The highest BCUT2D eigenvalue weighted by Crippen LogP contribution is 2.39. The van der Waals surface area contributed by atoms with E-state index in [1.54, 1.807) is 29.2 Å². The SMILES string of the molecule is CN1CCN(CCCCCC(=O)N2c3ccc(Cl)cc3NC(=O)c3ccccc32)CC1. The average Bonchev–Trinajstić information content (AvgIpc) is 2.88. The summed E-state index contributed by atoms with van der Waals surface area (Å²) in [6.07, 6.45) is 3.38. The standard InChI is InChI=1S/C24H29ClN4O2/c1-27-13-15-28(16-14-27)12-6-2-3-9-23(30)29-21-8-5-4-7-19(21)24(31)26-20-17-18(25)10-11-22(20)29/h4-5,7-8,10-11,17H,2-3,6,9,12-16H2,1H3,(H,26,31). The number of benzene rings is 2. The van der Waals surface area contributed by atoms with Gasteiger partial charge in [-0.3, -0.25) is 14.5 Å². The number of fused-ring (bicyclic) bond motifs is 2. The fraction of sp³-hybridized carbons (Fsp3) is 0.417. The molecule has 0 aromatic heterocycles. The van der Waals surface area contributed by atoms with Crippen LogP contribution in [0.4, 0.5) is 17.1 Å². The van der Waals surface area contributed by atoms with Gasteiger partial charge >= 0.3 is 0 Å². The lowest BCUT2D eigenvalue weighted by atomic mass is 10.1. The normalized spacial score (nSPS) is 17.0. The predicted octanol–water partition coefficient (Wildman–Crippen LogP) is 4.38. The van der Waals surface area contributed by atoms with E-state index in [0.717, 1.165) is 52.0 Å². The molecule has 2 amide bonds. The van der Waals surface area contributed by atoms with Crippen LogP contribution in [0.25, 0.3) is 0 Å². The van der Waals surface area contributed by atoms with Crippen LogP contribution in [0.2, 0.25) is 5.02 Å². The highest BCUT2D eigenvalue weighted by molar-refractivity contribution is 6.31. The van der Waals surface area contributed by atoms with E-state index >= 15 is 0 Å². The van der Waals surface area contributed by atoms with Crippen molar-refractivity contribution in [1.82, 2.24) is 9.80 Å². The number of anilines is 3.